The molecule has 2 aromatic rings. The molecule has 0 aliphatic carbocycles. The first-order chi connectivity index (χ1) is 8.56. The van der Waals surface area contributed by atoms with Gasteiger partial charge >= 0.3 is 5.69 Å². The molecular formula is C12H12ClN3O2. The summed E-state index contributed by atoms with van der Waals surface area (Å²) in [5, 5.41) is 3.29. The molecule has 1 aromatic heterocycles. The zero-order valence-corrected chi connectivity index (χ0v) is 10.5. The standard InChI is InChI=1S/C12H12ClN3O2/c1-15-6-7-16(12(15)18)8-11(17)14-10-4-2-9(13)3-5-10/h2-7H,8H2,1H3,(H,14,17). The highest BCUT2D eigenvalue weighted by atomic mass is 35.5. The Morgan fingerprint density at radius 3 is 2.50 bits per heavy atom. The lowest BCUT2D eigenvalue weighted by atomic mass is 10.3. The number of nitrogens with one attached hydrogen (secondary N) is 1. The third kappa shape index (κ3) is 2.81. The minimum absolute atomic E-state index is 0.0116. The molecule has 0 aliphatic rings. The van der Waals surface area contributed by atoms with Crippen LogP contribution >= 0.6 is 11.6 Å². The van der Waals surface area contributed by atoms with E-state index in [-0.39, 0.29) is 18.1 Å². The molecule has 6 heteroatoms. The van der Waals surface area contributed by atoms with E-state index in [2.05, 4.69) is 5.32 Å². The van der Waals surface area contributed by atoms with E-state index in [1.54, 1.807) is 43.7 Å². The van der Waals surface area contributed by atoms with Crippen molar-refractivity contribution >= 4 is 23.2 Å². The number of hydrogen-bond donors (Lipinski definition) is 1. The van der Waals surface area contributed by atoms with Crippen molar-refractivity contribution in [1.29, 1.82) is 0 Å². The highest BCUT2D eigenvalue weighted by Crippen LogP contribution is 2.13. The van der Waals surface area contributed by atoms with Gasteiger partial charge in [0.2, 0.25) is 5.91 Å². The lowest BCUT2D eigenvalue weighted by Gasteiger charge is -2.05. The van der Waals surface area contributed by atoms with Crippen LogP contribution in [0, 0.1) is 0 Å². The second-order valence-corrected chi connectivity index (χ2v) is 4.31. The van der Waals surface area contributed by atoms with E-state index < -0.39 is 0 Å². The first-order valence-electron chi connectivity index (χ1n) is 5.33. The number of hydrogen-bond acceptors (Lipinski definition) is 2. The van der Waals surface area contributed by atoms with Crippen molar-refractivity contribution in [3.05, 3.63) is 52.2 Å². The van der Waals surface area contributed by atoms with Crippen molar-refractivity contribution in [1.82, 2.24) is 9.13 Å². The van der Waals surface area contributed by atoms with Gasteiger partial charge in [-0.05, 0) is 24.3 Å². The summed E-state index contributed by atoms with van der Waals surface area (Å²) < 4.78 is 2.75. The Hall–Kier alpha value is -2.01. The lowest BCUT2D eigenvalue weighted by Crippen LogP contribution is -2.28. The largest absolute Gasteiger partial charge is 0.328 e. The van der Waals surface area contributed by atoms with Crippen LogP contribution in [0.1, 0.15) is 0 Å². The van der Waals surface area contributed by atoms with Gasteiger partial charge in [0, 0.05) is 30.2 Å². The summed E-state index contributed by atoms with van der Waals surface area (Å²) >= 11 is 5.74. The molecule has 0 atom stereocenters. The van der Waals surface area contributed by atoms with Crippen molar-refractivity contribution < 1.29 is 4.79 Å². The van der Waals surface area contributed by atoms with Gasteiger partial charge in [-0.15, -0.1) is 0 Å². The second kappa shape index (κ2) is 5.10. The molecule has 1 N–H and O–H groups in total. The van der Waals surface area contributed by atoms with Gasteiger partial charge in [-0.2, -0.15) is 0 Å². The fourth-order valence-electron chi connectivity index (χ4n) is 1.52. The Kier molecular flexibility index (Phi) is 3.53. The maximum atomic E-state index is 11.7. The van der Waals surface area contributed by atoms with Crippen molar-refractivity contribution in [3.63, 3.8) is 0 Å². The minimum Gasteiger partial charge on any atom is -0.325 e. The van der Waals surface area contributed by atoms with E-state index in [1.807, 2.05) is 0 Å². The number of carbonyl (C=O) groups is 1. The first kappa shape index (κ1) is 12.4. The molecule has 1 heterocycles. The monoisotopic (exact) mass is 265 g/mol. The van der Waals surface area contributed by atoms with Crippen LogP contribution < -0.4 is 11.0 Å². The van der Waals surface area contributed by atoms with Crippen LogP contribution in [0.25, 0.3) is 0 Å². The number of anilines is 1. The third-order valence-electron chi connectivity index (χ3n) is 2.46. The molecule has 1 amide bonds. The number of amides is 1. The SMILES string of the molecule is Cn1ccn(CC(=O)Nc2ccc(Cl)cc2)c1=O. The van der Waals surface area contributed by atoms with Crippen LogP contribution in [-0.2, 0) is 18.4 Å². The zero-order valence-electron chi connectivity index (χ0n) is 9.76. The zero-order chi connectivity index (χ0) is 13.1. The van der Waals surface area contributed by atoms with Gasteiger partial charge in [-0.3, -0.25) is 9.36 Å². The Morgan fingerprint density at radius 2 is 1.94 bits per heavy atom. The van der Waals surface area contributed by atoms with E-state index >= 15 is 0 Å². The fraction of sp³-hybridized carbons (Fsp3) is 0.167. The Morgan fingerprint density at radius 1 is 1.28 bits per heavy atom. The van der Waals surface area contributed by atoms with Gasteiger partial charge in [0.25, 0.3) is 0 Å². The van der Waals surface area contributed by atoms with Gasteiger partial charge in [-0.25, -0.2) is 4.79 Å². The lowest BCUT2D eigenvalue weighted by molar-refractivity contribution is -0.116. The number of imidazole rings is 1. The molecule has 94 valence electrons. The van der Waals surface area contributed by atoms with Gasteiger partial charge in [0.05, 0.1) is 0 Å². The van der Waals surface area contributed by atoms with Crippen molar-refractivity contribution in [2.75, 3.05) is 5.32 Å². The van der Waals surface area contributed by atoms with E-state index in [0.29, 0.717) is 10.7 Å². The summed E-state index contributed by atoms with van der Waals surface area (Å²) in [5.41, 5.74) is 0.426. The average Bonchev–Trinajstić information content (AvgIpc) is 2.64. The highest BCUT2D eigenvalue weighted by Gasteiger charge is 2.06. The normalized spacial score (nSPS) is 10.3. The molecule has 0 aliphatic heterocycles. The molecule has 1 aromatic carbocycles. The number of aryl methyl sites for hydroxylation is 1. The molecule has 0 saturated carbocycles. The minimum atomic E-state index is -0.259. The summed E-state index contributed by atoms with van der Waals surface area (Å²) in [4.78, 5) is 23.2. The Balaban J connectivity index is 2.03. The number of benzene rings is 1. The van der Waals surface area contributed by atoms with Gasteiger partial charge < -0.3 is 9.88 Å². The van der Waals surface area contributed by atoms with Crippen LogP contribution in [-0.4, -0.2) is 15.0 Å². The molecular weight excluding hydrogens is 254 g/mol. The van der Waals surface area contributed by atoms with Crippen molar-refractivity contribution in [2.24, 2.45) is 7.05 Å². The topological polar surface area (TPSA) is 56.0 Å². The van der Waals surface area contributed by atoms with Crippen molar-refractivity contribution in [2.45, 2.75) is 6.54 Å². The van der Waals surface area contributed by atoms with E-state index in [4.69, 9.17) is 11.6 Å². The molecule has 0 fully saturated rings. The highest BCUT2D eigenvalue weighted by molar-refractivity contribution is 6.30. The molecule has 0 bridgehead atoms. The average molecular weight is 266 g/mol. The molecule has 5 nitrogen and oxygen atoms in total. The number of aromatic nitrogens is 2. The number of rotatable bonds is 3. The number of nitrogens with zero attached hydrogens (tertiary/aromatic N) is 2. The van der Waals surface area contributed by atoms with Crippen LogP contribution in [0.5, 0.6) is 0 Å². The van der Waals surface area contributed by atoms with Crippen LogP contribution in [0.3, 0.4) is 0 Å². The van der Waals surface area contributed by atoms with Crippen LogP contribution in [0.2, 0.25) is 5.02 Å². The van der Waals surface area contributed by atoms with E-state index in [0.717, 1.165) is 0 Å². The summed E-state index contributed by atoms with van der Waals surface area (Å²) in [6.45, 7) is -0.0116. The van der Waals surface area contributed by atoms with E-state index in [9.17, 15) is 9.59 Å². The second-order valence-electron chi connectivity index (χ2n) is 3.87. The maximum Gasteiger partial charge on any atom is 0.328 e. The number of halogens is 1. The first-order valence-corrected chi connectivity index (χ1v) is 5.71. The van der Waals surface area contributed by atoms with Crippen LogP contribution in [0.4, 0.5) is 5.69 Å². The fourth-order valence-corrected chi connectivity index (χ4v) is 1.65. The summed E-state index contributed by atoms with van der Waals surface area (Å²) in [5.74, 6) is -0.259. The molecule has 0 radical (unpaired) electrons. The molecule has 18 heavy (non-hydrogen) atoms. The Labute approximate surface area is 109 Å². The predicted octanol–water partition coefficient (Wildman–Crippen LogP) is 1.48. The summed E-state index contributed by atoms with van der Waals surface area (Å²) in [7, 11) is 1.63. The summed E-state index contributed by atoms with van der Waals surface area (Å²) in [6.07, 6.45) is 3.18. The van der Waals surface area contributed by atoms with Crippen molar-refractivity contribution in [3.8, 4) is 0 Å². The van der Waals surface area contributed by atoms with Gasteiger partial charge in [0.15, 0.2) is 0 Å². The maximum absolute atomic E-state index is 11.7. The quantitative estimate of drug-likeness (QED) is 0.914. The van der Waals surface area contributed by atoms with E-state index in [1.165, 1.54) is 9.13 Å². The molecule has 0 unspecified atom stereocenters. The Bertz CT molecular complexity index is 613. The molecule has 2 rings (SSSR count). The predicted molar refractivity (Wildman–Crippen MR) is 69.8 cm³/mol. The summed E-state index contributed by atoms with van der Waals surface area (Å²) in [6, 6.07) is 6.78. The number of carbonyl (C=O) groups excluding carboxylic acids is 1. The third-order valence-corrected chi connectivity index (χ3v) is 2.71. The van der Waals surface area contributed by atoms with Gasteiger partial charge in [-0.1, -0.05) is 11.6 Å². The molecule has 0 spiro atoms. The molecule has 0 saturated heterocycles. The van der Waals surface area contributed by atoms with Crippen LogP contribution in [0.15, 0.2) is 41.5 Å². The van der Waals surface area contributed by atoms with Gasteiger partial charge in [0.1, 0.15) is 6.54 Å². The smallest absolute Gasteiger partial charge is 0.325 e.